The van der Waals surface area contributed by atoms with E-state index >= 15 is 0 Å². The molecule has 1 aromatic heterocycles. The zero-order chi connectivity index (χ0) is 38.2. The van der Waals surface area contributed by atoms with Gasteiger partial charge in [0.15, 0.2) is 5.78 Å². The molecule has 4 aromatic rings. The number of para-hydroxylation sites is 1. The van der Waals surface area contributed by atoms with E-state index in [0.29, 0.717) is 40.7 Å². The lowest BCUT2D eigenvalue weighted by molar-refractivity contribution is -0.136. The van der Waals surface area contributed by atoms with Crippen molar-refractivity contribution in [2.24, 2.45) is 0 Å². The zero-order valence-corrected chi connectivity index (χ0v) is 29.7. The van der Waals surface area contributed by atoms with E-state index in [0.717, 1.165) is 36.3 Å². The van der Waals surface area contributed by atoms with E-state index in [-0.39, 0.29) is 60.3 Å². The van der Waals surface area contributed by atoms with E-state index in [1.807, 2.05) is 30.3 Å². The molecule has 4 N–H and O–H groups in total. The van der Waals surface area contributed by atoms with Crippen LogP contribution in [0.1, 0.15) is 92.8 Å². The highest BCUT2D eigenvalue weighted by atomic mass is 16.5. The molecule has 2 aliphatic heterocycles. The average Bonchev–Trinajstić information content (AvgIpc) is 3.43. The number of pyridine rings is 1. The molecule has 6 amide bonds. The number of anilines is 2. The van der Waals surface area contributed by atoms with Crippen LogP contribution >= 0.6 is 0 Å². The highest BCUT2D eigenvalue weighted by Crippen LogP contribution is 2.34. The molecular formula is C40H40N6O8. The Bertz CT molecular complexity index is 2140. The number of rotatable bonds is 16. The van der Waals surface area contributed by atoms with Crippen LogP contribution in [0.2, 0.25) is 0 Å². The Morgan fingerprint density at radius 2 is 1.67 bits per heavy atom. The number of imide groups is 2. The normalized spacial score (nSPS) is 15.1. The van der Waals surface area contributed by atoms with Gasteiger partial charge in [-0.3, -0.25) is 48.8 Å². The van der Waals surface area contributed by atoms with Crippen molar-refractivity contribution in [1.82, 2.24) is 25.8 Å². The van der Waals surface area contributed by atoms with E-state index < -0.39 is 29.7 Å². The summed E-state index contributed by atoms with van der Waals surface area (Å²) in [6, 6.07) is 18.1. The van der Waals surface area contributed by atoms with Crippen LogP contribution in [0.25, 0.3) is 10.9 Å². The number of Topliss-reactive ketones (excluding diaryl/α,β-unsaturated/α-hetero) is 1. The number of ketones is 1. The SMILES string of the molecule is CNC(=O)c1cnc2ccc(C(=O)NCCCCCCCC(=O)COc3cccc4c3C(=O)N(C3CCC(=O)NC3=O)C4=O)cc2c1Nc1ccccc1. The van der Waals surface area contributed by atoms with Gasteiger partial charge in [0.2, 0.25) is 11.8 Å². The van der Waals surface area contributed by atoms with Gasteiger partial charge in [-0.15, -0.1) is 0 Å². The molecule has 0 saturated carbocycles. The maximum Gasteiger partial charge on any atom is 0.266 e. The first-order valence-corrected chi connectivity index (χ1v) is 17.9. The summed E-state index contributed by atoms with van der Waals surface area (Å²) in [7, 11) is 1.55. The second-order valence-electron chi connectivity index (χ2n) is 13.1. The molecule has 0 bridgehead atoms. The maximum absolute atomic E-state index is 13.2. The standard InChI is InChI=1S/C40H40N6O8/c1-41-37(50)29-22-43-30-17-16-24(21-28(30)35(29)44-25-11-6-5-7-12-25)36(49)42-20-9-4-2-3-8-13-26(47)23-54-32-15-10-14-27-34(32)40(53)46(39(27)52)31-18-19-33(48)45-38(31)51/h5-7,10-12,14-17,21-22,31H,2-4,8-9,13,18-20,23H2,1H3,(H,41,50)(H,42,49)(H,43,44)(H,45,48,51). The lowest BCUT2D eigenvalue weighted by Crippen LogP contribution is -2.54. The van der Waals surface area contributed by atoms with Crippen molar-refractivity contribution >= 4 is 63.5 Å². The van der Waals surface area contributed by atoms with Gasteiger partial charge in [-0.1, -0.05) is 43.5 Å². The van der Waals surface area contributed by atoms with Crippen LogP contribution in [0.4, 0.5) is 11.4 Å². The Morgan fingerprint density at radius 1 is 0.889 bits per heavy atom. The van der Waals surface area contributed by atoms with E-state index in [9.17, 15) is 33.6 Å². The van der Waals surface area contributed by atoms with Crippen LogP contribution < -0.4 is 26.0 Å². The minimum absolute atomic E-state index is 0.00434. The fraction of sp³-hybridized carbons (Fsp3) is 0.300. The number of hydrogen-bond donors (Lipinski definition) is 4. The summed E-state index contributed by atoms with van der Waals surface area (Å²) in [5.41, 5.74) is 2.87. The number of hydrogen-bond acceptors (Lipinski definition) is 10. The number of amides is 6. The third-order valence-electron chi connectivity index (χ3n) is 9.38. The molecule has 3 heterocycles. The Kier molecular flexibility index (Phi) is 11.7. The monoisotopic (exact) mass is 732 g/mol. The number of piperidine rings is 1. The number of nitrogens with zero attached hydrogens (tertiary/aromatic N) is 2. The van der Waals surface area contributed by atoms with Gasteiger partial charge < -0.3 is 20.7 Å². The molecule has 54 heavy (non-hydrogen) atoms. The molecule has 1 unspecified atom stereocenters. The molecule has 14 heteroatoms. The van der Waals surface area contributed by atoms with Crippen LogP contribution in [0.15, 0.2) is 72.9 Å². The summed E-state index contributed by atoms with van der Waals surface area (Å²) in [6.45, 7) is 0.197. The van der Waals surface area contributed by atoms with Gasteiger partial charge in [0, 0.05) is 49.3 Å². The van der Waals surface area contributed by atoms with E-state index in [2.05, 4.69) is 26.3 Å². The zero-order valence-electron chi connectivity index (χ0n) is 29.7. The Balaban J connectivity index is 0.929. The second kappa shape index (κ2) is 16.9. The average molecular weight is 733 g/mol. The molecule has 0 spiro atoms. The first-order valence-electron chi connectivity index (χ1n) is 17.9. The Hall–Kier alpha value is -6.44. The largest absolute Gasteiger partial charge is 0.485 e. The molecule has 0 radical (unpaired) electrons. The van der Waals surface area contributed by atoms with Crippen molar-refractivity contribution < 1.29 is 38.3 Å². The van der Waals surface area contributed by atoms with E-state index in [1.54, 1.807) is 31.3 Å². The molecular weight excluding hydrogens is 692 g/mol. The molecule has 2 aliphatic rings. The van der Waals surface area contributed by atoms with Crippen molar-refractivity contribution in [2.75, 3.05) is 25.5 Å². The molecule has 1 fully saturated rings. The van der Waals surface area contributed by atoms with Gasteiger partial charge in [0.1, 0.15) is 18.4 Å². The van der Waals surface area contributed by atoms with Gasteiger partial charge in [-0.05, 0) is 61.7 Å². The molecule has 14 nitrogen and oxygen atoms in total. The van der Waals surface area contributed by atoms with Gasteiger partial charge in [-0.25, -0.2) is 0 Å². The van der Waals surface area contributed by atoms with E-state index in [4.69, 9.17) is 4.74 Å². The number of nitrogens with one attached hydrogen (secondary N) is 4. The van der Waals surface area contributed by atoms with Crippen molar-refractivity contribution in [2.45, 2.75) is 57.4 Å². The van der Waals surface area contributed by atoms with Crippen molar-refractivity contribution in [3.05, 3.63) is 95.2 Å². The lowest BCUT2D eigenvalue weighted by atomic mass is 10.0. The van der Waals surface area contributed by atoms with Crippen LogP contribution in [0, 0.1) is 0 Å². The molecule has 278 valence electrons. The third kappa shape index (κ3) is 8.27. The first kappa shape index (κ1) is 37.3. The van der Waals surface area contributed by atoms with Crippen LogP contribution in [-0.4, -0.2) is 77.4 Å². The smallest absolute Gasteiger partial charge is 0.266 e. The molecule has 0 aliphatic carbocycles. The summed E-state index contributed by atoms with van der Waals surface area (Å²) in [4.78, 5) is 93.8. The number of aromatic nitrogens is 1. The van der Waals surface area contributed by atoms with Gasteiger partial charge in [0.05, 0.1) is 27.9 Å². The lowest BCUT2D eigenvalue weighted by Gasteiger charge is -2.27. The maximum atomic E-state index is 13.2. The fourth-order valence-electron chi connectivity index (χ4n) is 6.56. The number of ether oxygens (including phenoxy) is 1. The van der Waals surface area contributed by atoms with Crippen LogP contribution in [0.3, 0.4) is 0 Å². The number of carbonyl (C=O) groups excluding carboxylic acids is 7. The van der Waals surface area contributed by atoms with Gasteiger partial charge in [-0.2, -0.15) is 0 Å². The van der Waals surface area contributed by atoms with Crippen molar-refractivity contribution in [3.63, 3.8) is 0 Å². The highest BCUT2D eigenvalue weighted by Gasteiger charge is 2.46. The summed E-state index contributed by atoms with van der Waals surface area (Å²) in [5.74, 6) is -3.10. The number of unbranched alkanes of at least 4 members (excludes halogenated alkanes) is 4. The summed E-state index contributed by atoms with van der Waals surface area (Å²) >= 11 is 0. The van der Waals surface area contributed by atoms with Gasteiger partial charge in [0.25, 0.3) is 23.6 Å². The third-order valence-corrected chi connectivity index (χ3v) is 9.38. The molecule has 3 aromatic carbocycles. The number of benzene rings is 3. The first-order chi connectivity index (χ1) is 26.2. The summed E-state index contributed by atoms with van der Waals surface area (Å²) in [6.07, 6.45) is 5.76. The van der Waals surface area contributed by atoms with E-state index in [1.165, 1.54) is 18.3 Å². The van der Waals surface area contributed by atoms with Crippen molar-refractivity contribution in [3.8, 4) is 5.75 Å². The Morgan fingerprint density at radius 3 is 2.44 bits per heavy atom. The second-order valence-corrected chi connectivity index (χ2v) is 13.1. The van der Waals surface area contributed by atoms with Crippen LogP contribution in [-0.2, 0) is 14.4 Å². The van der Waals surface area contributed by atoms with Crippen molar-refractivity contribution in [1.29, 1.82) is 0 Å². The number of fused-ring (bicyclic) bond motifs is 2. The molecule has 6 rings (SSSR count). The highest BCUT2D eigenvalue weighted by molar-refractivity contribution is 6.24. The Labute approximate surface area is 311 Å². The minimum atomic E-state index is -1.09. The number of carbonyl (C=O) groups is 7. The topological polar surface area (TPSA) is 193 Å². The van der Waals surface area contributed by atoms with Gasteiger partial charge >= 0.3 is 0 Å². The quantitative estimate of drug-likeness (QED) is 0.0945. The molecule has 1 atom stereocenters. The summed E-state index contributed by atoms with van der Waals surface area (Å²) < 4.78 is 5.69. The predicted molar refractivity (Wildman–Crippen MR) is 199 cm³/mol. The summed E-state index contributed by atoms with van der Waals surface area (Å²) in [5, 5.41) is 11.7. The fourth-order valence-corrected chi connectivity index (χ4v) is 6.56. The predicted octanol–water partition coefficient (Wildman–Crippen LogP) is 4.46. The molecule has 1 saturated heterocycles. The minimum Gasteiger partial charge on any atom is -0.485 e. The van der Waals surface area contributed by atoms with Crippen LogP contribution in [0.5, 0.6) is 5.75 Å².